The number of anilines is 1. The third-order valence-corrected chi connectivity index (χ3v) is 4.71. The Hall–Kier alpha value is -3.32. The van der Waals surface area contributed by atoms with E-state index in [9.17, 15) is 14.7 Å². The summed E-state index contributed by atoms with van der Waals surface area (Å²) in [4.78, 5) is 29.5. The highest BCUT2D eigenvalue weighted by molar-refractivity contribution is 6.00. The lowest BCUT2D eigenvalue weighted by Gasteiger charge is -2.21. The summed E-state index contributed by atoms with van der Waals surface area (Å²) in [6.07, 6.45) is 2.70. The molecular formula is C23H26N2O5. The average Bonchev–Trinajstić information content (AvgIpc) is 3.59. The second kappa shape index (κ2) is 9.93. The largest absolute Gasteiger partial charge is 0.507 e. The third-order valence-electron chi connectivity index (χ3n) is 4.71. The monoisotopic (exact) mass is 410 g/mol. The highest BCUT2D eigenvalue weighted by atomic mass is 16.7. The molecule has 0 atom stereocenters. The van der Waals surface area contributed by atoms with Crippen LogP contribution in [0.2, 0.25) is 0 Å². The van der Waals surface area contributed by atoms with Gasteiger partial charge in [-0.05, 0) is 62.9 Å². The van der Waals surface area contributed by atoms with Gasteiger partial charge in [0, 0.05) is 12.1 Å². The lowest BCUT2D eigenvalue weighted by molar-refractivity contribution is -0.117. The number of benzene rings is 2. The van der Waals surface area contributed by atoms with Crippen LogP contribution in [0.25, 0.3) is 5.76 Å². The normalized spacial score (nSPS) is 13.9. The second-order valence-corrected chi connectivity index (χ2v) is 7.10. The van der Waals surface area contributed by atoms with Crippen molar-refractivity contribution in [1.82, 2.24) is 5.32 Å². The summed E-state index contributed by atoms with van der Waals surface area (Å²) in [5.74, 6) is 0.863. The van der Waals surface area contributed by atoms with Gasteiger partial charge in [0.1, 0.15) is 17.3 Å². The van der Waals surface area contributed by atoms with Crippen molar-refractivity contribution in [3.05, 3.63) is 59.7 Å². The molecule has 0 unspecified atom stereocenters. The van der Waals surface area contributed by atoms with Crippen molar-refractivity contribution in [2.75, 3.05) is 18.2 Å². The first-order valence-corrected chi connectivity index (χ1v) is 9.96. The molecule has 158 valence electrons. The molecule has 1 aliphatic rings. The van der Waals surface area contributed by atoms with Crippen LogP contribution in [0.1, 0.15) is 32.3 Å². The van der Waals surface area contributed by atoms with E-state index in [1.165, 1.54) is 6.92 Å². The molecule has 7 heteroatoms. The van der Waals surface area contributed by atoms with E-state index in [1.807, 2.05) is 18.2 Å². The Morgan fingerprint density at radius 1 is 1.20 bits per heavy atom. The van der Waals surface area contributed by atoms with Crippen LogP contribution in [0.15, 0.2) is 54.1 Å². The zero-order chi connectivity index (χ0) is 21.5. The van der Waals surface area contributed by atoms with Gasteiger partial charge in [-0.1, -0.05) is 18.2 Å². The number of nitrogens with one attached hydrogen (secondary N) is 1. The van der Waals surface area contributed by atoms with E-state index in [2.05, 4.69) is 5.32 Å². The van der Waals surface area contributed by atoms with E-state index in [0.717, 1.165) is 17.9 Å². The van der Waals surface area contributed by atoms with Gasteiger partial charge in [0.15, 0.2) is 0 Å². The SMILES string of the molecule is CCNC(=O)/C(C)=C(\O)c1cc(Oc2ccccc2)ccc1N(C=O)OCC1CC1. The number of carbonyl (C=O) groups excluding carboxylic acids is 2. The maximum Gasteiger partial charge on any atom is 0.250 e. The topological polar surface area (TPSA) is 88.1 Å². The fraction of sp³-hybridized carbons (Fsp3) is 0.304. The zero-order valence-electron chi connectivity index (χ0n) is 17.1. The van der Waals surface area contributed by atoms with Crippen molar-refractivity contribution in [2.24, 2.45) is 5.92 Å². The van der Waals surface area contributed by atoms with Crippen LogP contribution < -0.4 is 15.1 Å². The van der Waals surface area contributed by atoms with Gasteiger partial charge in [-0.3, -0.25) is 14.4 Å². The number of likely N-dealkylation sites (N-methyl/N-ethyl adjacent to an activating group) is 1. The minimum absolute atomic E-state index is 0.128. The number of hydroxylamine groups is 1. The molecule has 1 fully saturated rings. The van der Waals surface area contributed by atoms with Gasteiger partial charge in [0.05, 0.1) is 17.9 Å². The third kappa shape index (κ3) is 5.39. The molecule has 0 aliphatic heterocycles. The van der Waals surface area contributed by atoms with Crippen molar-refractivity contribution in [3.63, 3.8) is 0 Å². The highest BCUT2D eigenvalue weighted by Crippen LogP contribution is 2.34. The molecule has 30 heavy (non-hydrogen) atoms. The van der Waals surface area contributed by atoms with Crippen LogP contribution in [0.5, 0.6) is 11.5 Å². The number of ether oxygens (including phenoxy) is 1. The molecule has 1 saturated carbocycles. The molecule has 1 aliphatic carbocycles. The molecule has 0 heterocycles. The molecule has 0 radical (unpaired) electrons. The van der Waals surface area contributed by atoms with Gasteiger partial charge in [0.2, 0.25) is 6.41 Å². The number of aliphatic hydroxyl groups excluding tert-OH is 1. The number of para-hydroxylation sites is 1. The van der Waals surface area contributed by atoms with Gasteiger partial charge >= 0.3 is 0 Å². The van der Waals surface area contributed by atoms with E-state index >= 15 is 0 Å². The number of hydrogen-bond donors (Lipinski definition) is 2. The summed E-state index contributed by atoms with van der Waals surface area (Å²) in [5.41, 5.74) is 0.713. The van der Waals surface area contributed by atoms with Crippen molar-refractivity contribution >= 4 is 23.8 Å². The van der Waals surface area contributed by atoms with E-state index in [-0.39, 0.29) is 16.9 Å². The molecule has 2 amide bonds. The van der Waals surface area contributed by atoms with Crippen molar-refractivity contribution in [2.45, 2.75) is 26.7 Å². The molecule has 2 aromatic carbocycles. The molecule has 0 spiro atoms. The van der Waals surface area contributed by atoms with Gasteiger partial charge in [-0.2, -0.15) is 5.06 Å². The minimum Gasteiger partial charge on any atom is -0.507 e. The predicted octanol–water partition coefficient (Wildman–Crippen LogP) is 4.21. The zero-order valence-corrected chi connectivity index (χ0v) is 17.1. The molecule has 3 rings (SSSR count). The summed E-state index contributed by atoms with van der Waals surface area (Å²) in [5, 5.41) is 14.6. The molecule has 7 nitrogen and oxygen atoms in total. The number of carbonyl (C=O) groups is 2. The van der Waals surface area contributed by atoms with Crippen molar-refractivity contribution < 1.29 is 24.3 Å². The number of aliphatic hydroxyl groups is 1. The summed E-state index contributed by atoms with van der Waals surface area (Å²) < 4.78 is 5.85. The maximum absolute atomic E-state index is 12.2. The van der Waals surface area contributed by atoms with Crippen LogP contribution in [0.4, 0.5) is 5.69 Å². The van der Waals surface area contributed by atoms with Crippen LogP contribution in [0.3, 0.4) is 0 Å². The standard InChI is InChI=1S/C23H26N2O5/c1-3-24-23(28)16(2)22(27)20-13-19(30-18-7-5-4-6-8-18)11-12-21(20)25(15-26)29-14-17-9-10-17/h4-8,11-13,15,17,27H,3,9-10,14H2,1-2H3,(H,24,28)/b22-16-. The Bertz CT molecular complexity index is 922. The van der Waals surface area contributed by atoms with Gasteiger partial charge in [-0.25, -0.2) is 0 Å². The van der Waals surface area contributed by atoms with E-state index in [4.69, 9.17) is 9.57 Å². The Kier molecular flexibility index (Phi) is 7.08. The maximum atomic E-state index is 12.2. The van der Waals surface area contributed by atoms with Crippen LogP contribution in [0, 0.1) is 5.92 Å². The fourth-order valence-corrected chi connectivity index (χ4v) is 2.81. The Morgan fingerprint density at radius 3 is 2.57 bits per heavy atom. The number of hydrogen-bond acceptors (Lipinski definition) is 5. The number of amides is 2. The average molecular weight is 410 g/mol. The van der Waals surface area contributed by atoms with Crippen LogP contribution in [-0.4, -0.2) is 30.6 Å². The van der Waals surface area contributed by atoms with Crippen molar-refractivity contribution in [1.29, 1.82) is 0 Å². The fourth-order valence-electron chi connectivity index (χ4n) is 2.81. The highest BCUT2D eigenvalue weighted by Gasteiger charge is 2.25. The molecule has 2 aromatic rings. The molecule has 0 aromatic heterocycles. The van der Waals surface area contributed by atoms with E-state index in [1.54, 1.807) is 37.3 Å². The molecule has 0 saturated heterocycles. The summed E-state index contributed by atoms with van der Waals surface area (Å²) >= 11 is 0. The smallest absolute Gasteiger partial charge is 0.250 e. The Labute approximate surface area is 175 Å². The quantitative estimate of drug-likeness (QED) is 0.265. The lowest BCUT2D eigenvalue weighted by Crippen LogP contribution is -2.26. The Balaban J connectivity index is 1.98. The number of nitrogens with zero attached hydrogens (tertiary/aromatic N) is 1. The molecule has 0 bridgehead atoms. The summed E-state index contributed by atoms with van der Waals surface area (Å²) in [6.45, 7) is 4.16. The Morgan fingerprint density at radius 2 is 1.93 bits per heavy atom. The summed E-state index contributed by atoms with van der Waals surface area (Å²) in [6, 6.07) is 14.1. The molecule has 2 N–H and O–H groups in total. The van der Waals surface area contributed by atoms with Gasteiger partial charge < -0.3 is 15.2 Å². The second-order valence-electron chi connectivity index (χ2n) is 7.10. The van der Waals surface area contributed by atoms with Crippen LogP contribution in [-0.2, 0) is 14.4 Å². The van der Waals surface area contributed by atoms with E-state index in [0.29, 0.717) is 42.7 Å². The number of rotatable bonds is 10. The lowest BCUT2D eigenvalue weighted by atomic mass is 10.1. The van der Waals surface area contributed by atoms with Gasteiger partial charge in [0.25, 0.3) is 5.91 Å². The molecular weight excluding hydrogens is 384 g/mol. The minimum atomic E-state index is -0.396. The van der Waals surface area contributed by atoms with Crippen molar-refractivity contribution in [3.8, 4) is 11.5 Å². The predicted molar refractivity (Wildman–Crippen MR) is 114 cm³/mol. The summed E-state index contributed by atoms with van der Waals surface area (Å²) in [7, 11) is 0. The van der Waals surface area contributed by atoms with E-state index < -0.39 is 5.91 Å². The first kappa shape index (κ1) is 21.4. The first-order chi connectivity index (χ1) is 14.5. The van der Waals surface area contributed by atoms with Gasteiger partial charge in [-0.15, -0.1) is 0 Å². The first-order valence-electron chi connectivity index (χ1n) is 9.96. The van der Waals surface area contributed by atoms with Crippen LogP contribution >= 0.6 is 0 Å².